The highest BCUT2D eigenvalue weighted by molar-refractivity contribution is 8.00. The van der Waals surface area contributed by atoms with Crippen molar-refractivity contribution in [3.05, 3.63) is 0 Å². The highest BCUT2D eigenvalue weighted by atomic mass is 32.2. The maximum atomic E-state index is 5.56. The molecule has 0 aromatic carbocycles. The zero-order chi connectivity index (χ0) is 13.9. The molecule has 1 aliphatic heterocycles. The van der Waals surface area contributed by atoms with Crippen LogP contribution in [0.25, 0.3) is 0 Å². The molecule has 0 radical (unpaired) electrons. The van der Waals surface area contributed by atoms with Gasteiger partial charge in [0, 0.05) is 44.3 Å². The van der Waals surface area contributed by atoms with E-state index < -0.39 is 0 Å². The van der Waals surface area contributed by atoms with E-state index in [1.54, 1.807) is 0 Å². The molecule has 1 N–H and O–H groups in total. The highest BCUT2D eigenvalue weighted by Crippen LogP contribution is 2.20. The zero-order valence-electron chi connectivity index (χ0n) is 12.7. The second-order valence-electron chi connectivity index (χ2n) is 4.79. The number of nitrogens with one attached hydrogen (secondary N) is 1. The largest absolute Gasteiger partial charge is 0.380 e. The lowest BCUT2D eigenvalue weighted by Gasteiger charge is -2.34. The van der Waals surface area contributed by atoms with Crippen LogP contribution in [0.5, 0.6) is 0 Å². The van der Waals surface area contributed by atoms with Crippen molar-refractivity contribution in [2.45, 2.75) is 38.4 Å². The van der Waals surface area contributed by atoms with Crippen LogP contribution in [-0.2, 0) is 4.74 Å². The van der Waals surface area contributed by atoms with Crippen LogP contribution in [0.3, 0.4) is 0 Å². The third kappa shape index (κ3) is 6.52. The summed E-state index contributed by atoms with van der Waals surface area (Å²) in [5.74, 6) is 2.23. The van der Waals surface area contributed by atoms with E-state index >= 15 is 0 Å². The Labute approximate surface area is 122 Å². The van der Waals surface area contributed by atoms with Crippen LogP contribution < -0.4 is 5.32 Å². The number of rotatable bonds is 7. The fourth-order valence-corrected chi connectivity index (χ4v) is 3.25. The van der Waals surface area contributed by atoms with Crippen molar-refractivity contribution in [1.82, 2.24) is 10.2 Å². The molecule has 112 valence electrons. The molecule has 1 aliphatic rings. The lowest BCUT2D eigenvalue weighted by molar-refractivity contribution is 0.135. The molecule has 1 fully saturated rings. The van der Waals surface area contributed by atoms with E-state index in [1.807, 2.05) is 7.05 Å². The van der Waals surface area contributed by atoms with Gasteiger partial charge in [-0.05, 0) is 12.8 Å². The first kappa shape index (κ1) is 16.6. The number of ether oxygens (including phenoxy) is 1. The zero-order valence-corrected chi connectivity index (χ0v) is 13.5. The van der Waals surface area contributed by atoms with Crippen LogP contribution in [0.15, 0.2) is 4.99 Å². The summed E-state index contributed by atoms with van der Waals surface area (Å²) in [4.78, 5) is 6.75. The molecule has 0 amide bonds. The van der Waals surface area contributed by atoms with Gasteiger partial charge in [0.25, 0.3) is 0 Å². The average molecular weight is 287 g/mol. The van der Waals surface area contributed by atoms with Crippen molar-refractivity contribution in [3.8, 4) is 0 Å². The fourth-order valence-electron chi connectivity index (χ4n) is 2.07. The maximum absolute atomic E-state index is 5.56. The predicted octanol–water partition coefficient (Wildman–Crippen LogP) is 2.21. The smallest absolute Gasteiger partial charge is 0.193 e. The maximum Gasteiger partial charge on any atom is 0.193 e. The van der Waals surface area contributed by atoms with Crippen molar-refractivity contribution >= 4 is 17.7 Å². The van der Waals surface area contributed by atoms with E-state index in [0.29, 0.717) is 0 Å². The molecular weight excluding hydrogens is 258 g/mol. The van der Waals surface area contributed by atoms with Crippen molar-refractivity contribution in [1.29, 1.82) is 0 Å². The quantitative estimate of drug-likeness (QED) is 0.442. The van der Waals surface area contributed by atoms with E-state index in [9.17, 15) is 0 Å². The minimum absolute atomic E-state index is 0.744. The van der Waals surface area contributed by atoms with Crippen LogP contribution in [0.4, 0.5) is 0 Å². The number of thioether (sulfide) groups is 1. The third-order valence-electron chi connectivity index (χ3n) is 3.28. The molecule has 1 unspecified atom stereocenters. The topological polar surface area (TPSA) is 36.9 Å². The molecule has 4 nitrogen and oxygen atoms in total. The standard InChI is InChI=1S/C14H29N3OS/c1-4-6-9-18-10-7-16-14(15-3)17-8-11-19-13(5-2)12-17/h13H,4-12H2,1-3H3,(H,15,16). The summed E-state index contributed by atoms with van der Waals surface area (Å²) in [7, 11) is 1.86. The third-order valence-corrected chi connectivity index (χ3v) is 4.65. The molecule has 0 aromatic heterocycles. The molecule has 1 heterocycles. The molecule has 0 spiro atoms. The van der Waals surface area contributed by atoms with Gasteiger partial charge in [0.2, 0.25) is 0 Å². The normalized spacial score (nSPS) is 20.7. The molecule has 5 heteroatoms. The van der Waals surface area contributed by atoms with Crippen LogP contribution in [0, 0.1) is 0 Å². The number of hydrogen-bond donors (Lipinski definition) is 1. The van der Waals surface area contributed by atoms with E-state index in [4.69, 9.17) is 4.74 Å². The van der Waals surface area contributed by atoms with E-state index in [2.05, 4.69) is 40.8 Å². The van der Waals surface area contributed by atoms with Crippen molar-refractivity contribution < 1.29 is 4.74 Å². The Morgan fingerprint density at radius 2 is 2.26 bits per heavy atom. The molecule has 0 bridgehead atoms. The van der Waals surface area contributed by atoms with Gasteiger partial charge in [-0.15, -0.1) is 0 Å². The van der Waals surface area contributed by atoms with Gasteiger partial charge in [-0.1, -0.05) is 20.3 Å². The molecule has 19 heavy (non-hydrogen) atoms. The molecule has 0 aromatic rings. The number of nitrogens with zero attached hydrogens (tertiary/aromatic N) is 2. The first-order valence-corrected chi connectivity index (χ1v) is 8.51. The van der Waals surface area contributed by atoms with Gasteiger partial charge in [-0.3, -0.25) is 4.99 Å². The molecule has 0 saturated carbocycles. The second-order valence-corrected chi connectivity index (χ2v) is 6.20. The Hall–Kier alpha value is -0.420. The predicted molar refractivity (Wildman–Crippen MR) is 85.2 cm³/mol. The lowest BCUT2D eigenvalue weighted by Crippen LogP contribution is -2.48. The van der Waals surface area contributed by atoms with Crippen molar-refractivity contribution in [2.75, 3.05) is 45.6 Å². The Morgan fingerprint density at radius 1 is 1.42 bits per heavy atom. The lowest BCUT2D eigenvalue weighted by atomic mass is 10.3. The Bertz CT molecular complexity index is 261. The summed E-state index contributed by atoms with van der Waals surface area (Å²) in [5.41, 5.74) is 0. The number of unbranched alkanes of at least 4 members (excludes halogenated alkanes) is 1. The van der Waals surface area contributed by atoms with E-state index in [1.165, 1.54) is 18.6 Å². The van der Waals surface area contributed by atoms with Gasteiger partial charge in [-0.2, -0.15) is 11.8 Å². The molecule has 0 aliphatic carbocycles. The van der Waals surface area contributed by atoms with Gasteiger partial charge < -0.3 is 15.0 Å². The van der Waals surface area contributed by atoms with E-state index in [-0.39, 0.29) is 0 Å². The first-order valence-electron chi connectivity index (χ1n) is 7.46. The van der Waals surface area contributed by atoms with Crippen LogP contribution in [0.2, 0.25) is 0 Å². The minimum Gasteiger partial charge on any atom is -0.380 e. The van der Waals surface area contributed by atoms with Gasteiger partial charge >= 0.3 is 0 Å². The Balaban J connectivity index is 2.21. The molecular formula is C14H29N3OS. The van der Waals surface area contributed by atoms with E-state index in [0.717, 1.165) is 50.5 Å². The summed E-state index contributed by atoms with van der Waals surface area (Å²) in [6.45, 7) is 9.13. The number of aliphatic imine (C=N–C) groups is 1. The van der Waals surface area contributed by atoms with Crippen LogP contribution in [0.1, 0.15) is 33.1 Å². The van der Waals surface area contributed by atoms with Crippen LogP contribution >= 0.6 is 11.8 Å². The minimum atomic E-state index is 0.744. The molecule has 1 saturated heterocycles. The highest BCUT2D eigenvalue weighted by Gasteiger charge is 2.21. The summed E-state index contributed by atoms with van der Waals surface area (Å²) < 4.78 is 5.56. The van der Waals surface area contributed by atoms with Gasteiger partial charge in [0.1, 0.15) is 0 Å². The Kier molecular flexibility index (Phi) is 9.08. The van der Waals surface area contributed by atoms with Crippen LogP contribution in [-0.4, -0.2) is 61.8 Å². The Morgan fingerprint density at radius 3 is 2.95 bits per heavy atom. The van der Waals surface area contributed by atoms with Crippen molar-refractivity contribution in [3.63, 3.8) is 0 Å². The average Bonchev–Trinajstić information content (AvgIpc) is 2.46. The van der Waals surface area contributed by atoms with Crippen molar-refractivity contribution in [2.24, 2.45) is 4.99 Å². The van der Waals surface area contributed by atoms with Gasteiger partial charge in [0.05, 0.1) is 6.61 Å². The SMILES string of the molecule is CCCCOCCNC(=NC)N1CCSC(CC)C1. The summed E-state index contributed by atoms with van der Waals surface area (Å²) >= 11 is 2.08. The molecule has 1 rings (SSSR count). The summed E-state index contributed by atoms with van der Waals surface area (Å²) in [6, 6.07) is 0. The summed E-state index contributed by atoms with van der Waals surface area (Å²) in [6.07, 6.45) is 3.58. The molecule has 1 atom stereocenters. The number of guanidine groups is 1. The number of hydrogen-bond acceptors (Lipinski definition) is 3. The fraction of sp³-hybridized carbons (Fsp3) is 0.929. The summed E-state index contributed by atoms with van der Waals surface area (Å²) in [5, 5.41) is 4.15. The second kappa shape index (κ2) is 10.4. The monoisotopic (exact) mass is 287 g/mol. The van der Waals surface area contributed by atoms with Gasteiger partial charge in [-0.25, -0.2) is 0 Å². The first-order chi connectivity index (χ1) is 9.31. The van der Waals surface area contributed by atoms with Gasteiger partial charge in [0.15, 0.2) is 5.96 Å².